The van der Waals surface area contributed by atoms with Gasteiger partial charge in [0.05, 0.1) is 39.9 Å². The molecule has 9 heteroatoms. The third-order valence-corrected chi connectivity index (χ3v) is 16.0. The van der Waals surface area contributed by atoms with Gasteiger partial charge in [-0.15, -0.1) is 0 Å². The first-order valence-corrected chi connectivity index (χ1v) is 36.7. The van der Waals surface area contributed by atoms with Gasteiger partial charge >= 0.3 is 7.82 Å². The van der Waals surface area contributed by atoms with Crippen molar-refractivity contribution in [2.45, 2.75) is 296 Å². The summed E-state index contributed by atoms with van der Waals surface area (Å²) < 4.78 is 23.8. The molecule has 0 aliphatic heterocycles. The summed E-state index contributed by atoms with van der Waals surface area (Å²) in [7, 11) is 1.51. The molecule has 0 bridgehead atoms. The maximum absolute atomic E-state index is 13.0. The second-order valence-electron chi connectivity index (χ2n) is 24.5. The molecule has 0 saturated heterocycles. The van der Waals surface area contributed by atoms with Crippen molar-refractivity contribution in [2.75, 3.05) is 40.9 Å². The van der Waals surface area contributed by atoms with Crippen molar-refractivity contribution in [3.05, 3.63) is 146 Å². The van der Waals surface area contributed by atoms with Crippen molar-refractivity contribution in [3.63, 3.8) is 0 Å². The summed E-state index contributed by atoms with van der Waals surface area (Å²) in [6.45, 7) is 4.66. The van der Waals surface area contributed by atoms with E-state index < -0.39 is 20.0 Å². The van der Waals surface area contributed by atoms with E-state index in [0.717, 1.165) is 96.3 Å². The monoisotopic (exact) mass is 1210 g/mol. The Bertz CT molecular complexity index is 1910. The predicted molar refractivity (Wildman–Crippen MR) is 378 cm³/mol. The van der Waals surface area contributed by atoms with Crippen LogP contribution in [0.1, 0.15) is 284 Å². The van der Waals surface area contributed by atoms with Gasteiger partial charge in [-0.25, -0.2) is 4.57 Å². The number of nitrogens with zero attached hydrogens (tertiary/aromatic N) is 1. The lowest BCUT2D eigenvalue weighted by Gasteiger charge is -2.25. The molecule has 0 aliphatic rings. The van der Waals surface area contributed by atoms with Gasteiger partial charge in [0.15, 0.2) is 0 Å². The molecule has 86 heavy (non-hydrogen) atoms. The maximum Gasteiger partial charge on any atom is 0.472 e. The number of carbonyl (C=O) groups is 1. The summed E-state index contributed by atoms with van der Waals surface area (Å²) in [4.78, 5) is 23.4. The van der Waals surface area contributed by atoms with Gasteiger partial charge in [0.25, 0.3) is 0 Å². The van der Waals surface area contributed by atoms with Crippen LogP contribution in [0.25, 0.3) is 0 Å². The summed E-state index contributed by atoms with van der Waals surface area (Å²) in [5.41, 5.74) is 0. The molecule has 0 aromatic heterocycles. The summed E-state index contributed by atoms with van der Waals surface area (Å²) >= 11 is 0. The van der Waals surface area contributed by atoms with E-state index in [2.05, 4.69) is 153 Å². The number of aliphatic hydroxyl groups is 1. The van der Waals surface area contributed by atoms with E-state index in [1.54, 1.807) is 6.08 Å². The summed E-state index contributed by atoms with van der Waals surface area (Å²) in [6.07, 6.45) is 102. The van der Waals surface area contributed by atoms with Crippen LogP contribution in [0.2, 0.25) is 0 Å². The molecular formula is C77H134N2O6P+. The Labute approximate surface area is 531 Å². The first-order chi connectivity index (χ1) is 42.0. The minimum Gasteiger partial charge on any atom is -0.387 e. The minimum atomic E-state index is -4.39. The lowest BCUT2D eigenvalue weighted by atomic mass is 10.0. The number of carbonyl (C=O) groups excluding carboxylic acids is 1. The number of unbranched alkanes of at least 4 members (excludes halogenated alkanes) is 28. The number of hydrogen-bond donors (Lipinski definition) is 3. The minimum absolute atomic E-state index is 0.0395. The fraction of sp³-hybridized carbons (Fsp3) is 0.675. The van der Waals surface area contributed by atoms with E-state index in [0.29, 0.717) is 17.4 Å². The van der Waals surface area contributed by atoms with Crippen LogP contribution in [0.4, 0.5) is 0 Å². The molecule has 3 atom stereocenters. The van der Waals surface area contributed by atoms with Crippen LogP contribution in [0.3, 0.4) is 0 Å². The van der Waals surface area contributed by atoms with Crippen molar-refractivity contribution in [2.24, 2.45) is 0 Å². The van der Waals surface area contributed by atoms with Gasteiger partial charge in [-0.3, -0.25) is 13.8 Å². The van der Waals surface area contributed by atoms with Crippen LogP contribution in [0.15, 0.2) is 146 Å². The molecule has 0 saturated carbocycles. The van der Waals surface area contributed by atoms with Crippen molar-refractivity contribution >= 4 is 13.7 Å². The van der Waals surface area contributed by atoms with Gasteiger partial charge < -0.3 is 19.8 Å². The zero-order valence-electron chi connectivity index (χ0n) is 56.3. The normalized spacial score (nSPS) is 14.5. The van der Waals surface area contributed by atoms with Gasteiger partial charge in [-0.1, -0.05) is 314 Å². The molecule has 3 N–H and O–H groups in total. The van der Waals surface area contributed by atoms with Crippen LogP contribution < -0.4 is 5.32 Å². The zero-order valence-corrected chi connectivity index (χ0v) is 57.1. The van der Waals surface area contributed by atoms with Crippen LogP contribution in [0, 0.1) is 0 Å². The summed E-state index contributed by atoms with van der Waals surface area (Å²) in [5, 5.41) is 14.0. The Hall–Kier alpha value is -3.62. The third kappa shape index (κ3) is 67.9. The number of hydrogen-bond acceptors (Lipinski definition) is 5. The van der Waals surface area contributed by atoms with Gasteiger partial charge in [0.1, 0.15) is 13.2 Å². The van der Waals surface area contributed by atoms with E-state index in [4.69, 9.17) is 9.05 Å². The molecule has 0 fully saturated rings. The first-order valence-electron chi connectivity index (χ1n) is 35.2. The topological polar surface area (TPSA) is 105 Å². The number of likely N-dealkylation sites (N-methyl/N-ethyl adjacent to an activating group) is 1. The smallest absolute Gasteiger partial charge is 0.387 e. The van der Waals surface area contributed by atoms with Gasteiger partial charge in [-0.2, -0.15) is 0 Å². The highest BCUT2D eigenvalue weighted by atomic mass is 31.2. The predicted octanol–water partition coefficient (Wildman–Crippen LogP) is 22.8. The zero-order chi connectivity index (χ0) is 62.6. The Morgan fingerprint density at radius 1 is 0.407 bits per heavy atom. The number of quaternary nitrogens is 1. The number of allylic oxidation sites excluding steroid dienone is 23. The third-order valence-electron chi connectivity index (χ3n) is 15.0. The lowest BCUT2D eigenvalue weighted by molar-refractivity contribution is -0.870. The molecular weight excluding hydrogens is 1080 g/mol. The Kier molecular flexibility index (Phi) is 63.0. The standard InChI is InChI=1S/C77H133N2O6P/c1-6-8-10-12-14-16-18-20-22-24-26-28-30-32-34-36-38-39-41-43-45-47-49-51-53-55-57-59-61-63-65-67-69-71-77(81)78-75(74-85-86(82,83)84-73-72-79(3,4)5)76(80)70-68-66-64-62-60-58-56-54-52-50-48-46-44-42-40-37-35-33-31-29-27-25-23-21-19-17-15-13-11-9-7-2/h8,10,14,16,20,22,26,28,32,34,38-39,43,45,49,51,55,57,60-63,68,70,75-76,80H,6-7,9,11-13,15,17-19,21,23-25,27,29-31,33,35-37,40-42,44,46-48,50,52-54,56,58-59,64-67,69,71-74H2,1-5H3,(H-,78,81,82,83)/p+1/b10-8-,16-14-,22-20-,28-26-,34-32-,39-38-,45-43-,51-49-,57-55-,62-60+,63-61-,70-68+. The first kappa shape index (κ1) is 82.4. The molecule has 0 aliphatic carbocycles. The molecule has 0 rings (SSSR count). The fourth-order valence-electron chi connectivity index (χ4n) is 9.62. The average Bonchev–Trinajstić information content (AvgIpc) is 3.70. The molecule has 0 heterocycles. The van der Waals surface area contributed by atoms with E-state index in [-0.39, 0.29) is 25.5 Å². The molecule has 0 aromatic rings. The molecule has 0 spiro atoms. The molecule has 1 amide bonds. The maximum atomic E-state index is 13.0. The van der Waals surface area contributed by atoms with Crippen molar-refractivity contribution in [1.29, 1.82) is 0 Å². The Morgan fingerprint density at radius 2 is 0.709 bits per heavy atom. The molecule has 0 aromatic carbocycles. The lowest BCUT2D eigenvalue weighted by Crippen LogP contribution is -2.45. The molecule has 3 unspecified atom stereocenters. The quantitative estimate of drug-likeness (QED) is 0.0243. The molecule has 8 nitrogen and oxygen atoms in total. The second kappa shape index (κ2) is 65.8. The van der Waals surface area contributed by atoms with Crippen LogP contribution in [0.5, 0.6) is 0 Å². The molecule has 0 radical (unpaired) electrons. The van der Waals surface area contributed by atoms with Crippen molar-refractivity contribution in [3.8, 4) is 0 Å². The van der Waals surface area contributed by atoms with Crippen LogP contribution in [-0.4, -0.2) is 73.4 Å². The summed E-state index contributed by atoms with van der Waals surface area (Å²) in [6, 6.07) is -0.901. The Morgan fingerprint density at radius 3 is 1.07 bits per heavy atom. The van der Waals surface area contributed by atoms with Gasteiger partial charge in [-0.05, 0) is 109 Å². The van der Waals surface area contributed by atoms with E-state index in [1.807, 2.05) is 27.2 Å². The highest BCUT2D eigenvalue weighted by molar-refractivity contribution is 7.47. The number of amides is 1. The van der Waals surface area contributed by atoms with Gasteiger partial charge in [0.2, 0.25) is 5.91 Å². The number of rotatable bonds is 63. The van der Waals surface area contributed by atoms with Crippen molar-refractivity contribution in [1.82, 2.24) is 5.32 Å². The van der Waals surface area contributed by atoms with Gasteiger partial charge in [0, 0.05) is 6.42 Å². The van der Waals surface area contributed by atoms with Crippen LogP contribution >= 0.6 is 7.82 Å². The largest absolute Gasteiger partial charge is 0.472 e. The Balaban J connectivity index is 4.26. The SMILES string of the molecule is CC/C=C\C/C=C\C/C=C\C/C=C\C/C=C\C/C=C\C/C=C\C/C=C\C/C=C\C/C=C\CCCCC(=O)NC(COP(=O)(O)OCC[N+](C)(C)C)C(O)/C=C/CC/C=C/CCCCCCCCCCCCCCCCCCCCCCCCCCC. The average molecular weight is 1210 g/mol. The van der Waals surface area contributed by atoms with Crippen molar-refractivity contribution < 1.29 is 32.9 Å². The van der Waals surface area contributed by atoms with E-state index in [1.165, 1.54) is 161 Å². The number of aliphatic hydroxyl groups excluding tert-OH is 1. The number of phosphoric acid groups is 1. The highest BCUT2D eigenvalue weighted by Gasteiger charge is 2.28. The molecule has 492 valence electrons. The van der Waals surface area contributed by atoms with E-state index in [9.17, 15) is 19.4 Å². The highest BCUT2D eigenvalue weighted by Crippen LogP contribution is 2.43. The number of phosphoric ester groups is 1. The second-order valence-corrected chi connectivity index (χ2v) is 26.0. The van der Waals surface area contributed by atoms with Crippen LogP contribution in [-0.2, 0) is 18.4 Å². The fourth-order valence-corrected chi connectivity index (χ4v) is 10.4. The van der Waals surface area contributed by atoms with E-state index >= 15 is 0 Å². The summed E-state index contributed by atoms with van der Waals surface area (Å²) in [5.74, 6) is -0.232. The number of nitrogens with one attached hydrogen (secondary N) is 1.